The summed E-state index contributed by atoms with van der Waals surface area (Å²) in [5.74, 6) is 0. The quantitative estimate of drug-likeness (QED) is 0.861. The van der Waals surface area contributed by atoms with Gasteiger partial charge in [-0.3, -0.25) is 0 Å². The van der Waals surface area contributed by atoms with Gasteiger partial charge in [0, 0.05) is 20.2 Å². The van der Waals surface area contributed by atoms with Crippen LogP contribution in [0.15, 0.2) is 23.1 Å². The minimum atomic E-state index is -3.35. The van der Waals surface area contributed by atoms with E-state index in [4.69, 9.17) is 4.74 Å². The Balaban J connectivity index is 1.82. The lowest BCUT2D eigenvalue weighted by molar-refractivity contribution is 0.0604. The lowest BCUT2D eigenvalue weighted by Gasteiger charge is -2.30. The molecule has 0 unspecified atom stereocenters. The van der Waals surface area contributed by atoms with E-state index in [2.05, 4.69) is 0 Å². The van der Waals surface area contributed by atoms with Crippen LogP contribution >= 0.6 is 0 Å². The Bertz CT molecular complexity index is 604. The number of rotatable bonds is 3. The molecule has 2 aliphatic rings. The number of hydrogen-bond donors (Lipinski definition) is 0. The van der Waals surface area contributed by atoms with Gasteiger partial charge in [-0.15, -0.1) is 0 Å². The van der Waals surface area contributed by atoms with Crippen LogP contribution < -0.4 is 0 Å². The predicted octanol–water partition coefficient (Wildman–Crippen LogP) is 2.36. The number of nitrogens with zero attached hydrogens (tertiary/aromatic N) is 1. The van der Waals surface area contributed by atoms with E-state index in [1.807, 2.05) is 12.1 Å². The zero-order valence-corrected chi connectivity index (χ0v) is 13.4. The highest BCUT2D eigenvalue weighted by atomic mass is 32.2. The number of methoxy groups -OCH3 is 1. The Kier molecular flexibility index (Phi) is 4.33. The third-order valence-corrected chi connectivity index (χ3v) is 6.59. The van der Waals surface area contributed by atoms with Crippen molar-refractivity contribution in [2.24, 2.45) is 0 Å². The van der Waals surface area contributed by atoms with Gasteiger partial charge in [0.2, 0.25) is 10.0 Å². The second-order valence-electron chi connectivity index (χ2n) is 5.98. The first-order chi connectivity index (χ1) is 10.1. The molecule has 0 N–H and O–H groups in total. The van der Waals surface area contributed by atoms with E-state index in [0.29, 0.717) is 18.0 Å². The molecule has 5 heteroatoms. The third-order valence-electron chi connectivity index (χ3n) is 4.69. The molecule has 1 aromatic rings. The van der Waals surface area contributed by atoms with Gasteiger partial charge < -0.3 is 4.74 Å². The van der Waals surface area contributed by atoms with Crippen LogP contribution in [0.4, 0.5) is 0 Å². The number of sulfonamides is 1. The molecule has 0 radical (unpaired) electrons. The molecule has 1 aromatic carbocycles. The van der Waals surface area contributed by atoms with Gasteiger partial charge in [0.15, 0.2) is 0 Å². The Morgan fingerprint density at radius 2 is 1.76 bits per heavy atom. The van der Waals surface area contributed by atoms with Crippen LogP contribution in [0, 0.1) is 0 Å². The molecule has 0 amide bonds. The molecule has 1 aliphatic carbocycles. The van der Waals surface area contributed by atoms with Gasteiger partial charge in [0.05, 0.1) is 11.0 Å². The van der Waals surface area contributed by atoms with Crippen LogP contribution in [0.25, 0.3) is 0 Å². The van der Waals surface area contributed by atoms with Crippen molar-refractivity contribution in [2.45, 2.75) is 49.5 Å². The number of ether oxygens (including phenoxy) is 1. The van der Waals surface area contributed by atoms with Crippen molar-refractivity contribution in [3.63, 3.8) is 0 Å². The van der Waals surface area contributed by atoms with Gasteiger partial charge in [0.1, 0.15) is 0 Å². The summed E-state index contributed by atoms with van der Waals surface area (Å²) < 4.78 is 32.4. The molecule has 0 saturated carbocycles. The highest BCUT2D eigenvalue weighted by Gasteiger charge is 2.29. The van der Waals surface area contributed by atoms with Crippen LogP contribution in [0.2, 0.25) is 0 Å². The SMILES string of the molecule is COC1CCN(S(=O)(=O)c2ccc3c(c2)CCCC3)CC1. The second-order valence-corrected chi connectivity index (χ2v) is 7.91. The Morgan fingerprint density at radius 3 is 2.43 bits per heavy atom. The minimum Gasteiger partial charge on any atom is -0.381 e. The Morgan fingerprint density at radius 1 is 1.10 bits per heavy atom. The first kappa shape index (κ1) is 15.0. The van der Waals surface area contributed by atoms with Crippen molar-refractivity contribution in [1.29, 1.82) is 0 Å². The summed E-state index contributed by atoms with van der Waals surface area (Å²) in [4.78, 5) is 0.457. The maximum absolute atomic E-state index is 12.8. The third kappa shape index (κ3) is 3.00. The fourth-order valence-electron chi connectivity index (χ4n) is 3.33. The van der Waals surface area contributed by atoms with E-state index >= 15 is 0 Å². The van der Waals surface area contributed by atoms with Crippen molar-refractivity contribution in [1.82, 2.24) is 4.31 Å². The first-order valence-electron chi connectivity index (χ1n) is 7.76. The van der Waals surface area contributed by atoms with Crippen LogP contribution in [0.3, 0.4) is 0 Å². The average molecular weight is 309 g/mol. The Hall–Kier alpha value is -0.910. The van der Waals surface area contributed by atoms with E-state index in [0.717, 1.165) is 32.1 Å². The zero-order valence-electron chi connectivity index (χ0n) is 12.5. The minimum absolute atomic E-state index is 0.194. The van der Waals surface area contributed by atoms with E-state index in [9.17, 15) is 8.42 Å². The molecular formula is C16H23NO3S. The number of benzene rings is 1. The fourth-order valence-corrected chi connectivity index (χ4v) is 4.85. The summed E-state index contributed by atoms with van der Waals surface area (Å²) in [5.41, 5.74) is 2.53. The molecule has 116 valence electrons. The first-order valence-corrected chi connectivity index (χ1v) is 9.20. The van der Waals surface area contributed by atoms with Crippen molar-refractivity contribution < 1.29 is 13.2 Å². The van der Waals surface area contributed by atoms with Crippen molar-refractivity contribution in [3.05, 3.63) is 29.3 Å². The van der Waals surface area contributed by atoms with Crippen LogP contribution in [-0.4, -0.2) is 39.0 Å². The number of piperidine rings is 1. The standard InChI is InChI=1S/C16H23NO3S/c1-20-15-8-10-17(11-9-15)21(18,19)16-7-6-13-4-2-3-5-14(13)12-16/h6-7,12,15H,2-5,8-11H2,1H3. The lowest BCUT2D eigenvalue weighted by atomic mass is 9.92. The molecule has 1 saturated heterocycles. The monoisotopic (exact) mass is 309 g/mol. The molecule has 1 aliphatic heterocycles. The topological polar surface area (TPSA) is 46.6 Å². The normalized spacial score (nSPS) is 21.2. The molecular weight excluding hydrogens is 286 g/mol. The lowest BCUT2D eigenvalue weighted by Crippen LogP contribution is -2.40. The maximum Gasteiger partial charge on any atom is 0.243 e. The van der Waals surface area contributed by atoms with Gasteiger partial charge in [0.25, 0.3) is 0 Å². The number of aryl methyl sites for hydroxylation is 2. The van der Waals surface area contributed by atoms with Crippen molar-refractivity contribution >= 4 is 10.0 Å². The van der Waals surface area contributed by atoms with Gasteiger partial charge in [-0.25, -0.2) is 8.42 Å². The summed E-state index contributed by atoms with van der Waals surface area (Å²) in [6.45, 7) is 1.11. The van der Waals surface area contributed by atoms with Crippen molar-refractivity contribution in [3.8, 4) is 0 Å². The van der Waals surface area contributed by atoms with E-state index in [1.165, 1.54) is 17.5 Å². The molecule has 4 nitrogen and oxygen atoms in total. The Labute approximate surface area is 127 Å². The summed E-state index contributed by atoms with van der Waals surface area (Å²) in [7, 11) is -1.66. The predicted molar refractivity (Wildman–Crippen MR) is 81.9 cm³/mol. The second kappa shape index (κ2) is 6.07. The highest BCUT2D eigenvalue weighted by molar-refractivity contribution is 7.89. The maximum atomic E-state index is 12.8. The van der Waals surface area contributed by atoms with Crippen molar-refractivity contribution in [2.75, 3.05) is 20.2 Å². The van der Waals surface area contributed by atoms with E-state index in [-0.39, 0.29) is 6.10 Å². The molecule has 0 spiro atoms. The highest BCUT2D eigenvalue weighted by Crippen LogP contribution is 2.27. The molecule has 0 aromatic heterocycles. The molecule has 21 heavy (non-hydrogen) atoms. The average Bonchev–Trinajstić information content (AvgIpc) is 2.54. The summed E-state index contributed by atoms with van der Waals surface area (Å²) in [5, 5.41) is 0. The largest absolute Gasteiger partial charge is 0.381 e. The summed E-state index contributed by atoms with van der Waals surface area (Å²) >= 11 is 0. The summed E-state index contributed by atoms with van der Waals surface area (Å²) in [6, 6.07) is 5.68. The molecule has 0 atom stereocenters. The van der Waals surface area contributed by atoms with Crippen LogP contribution in [0.5, 0.6) is 0 Å². The molecule has 1 fully saturated rings. The van der Waals surface area contributed by atoms with Crippen LogP contribution in [-0.2, 0) is 27.6 Å². The molecule has 3 rings (SSSR count). The van der Waals surface area contributed by atoms with Gasteiger partial charge in [-0.2, -0.15) is 4.31 Å². The molecule has 0 bridgehead atoms. The van der Waals surface area contributed by atoms with Gasteiger partial charge >= 0.3 is 0 Å². The van der Waals surface area contributed by atoms with E-state index < -0.39 is 10.0 Å². The van der Waals surface area contributed by atoms with Gasteiger partial charge in [-0.05, 0) is 61.8 Å². The number of hydrogen-bond acceptors (Lipinski definition) is 3. The molecule has 1 heterocycles. The fraction of sp³-hybridized carbons (Fsp3) is 0.625. The van der Waals surface area contributed by atoms with E-state index in [1.54, 1.807) is 17.5 Å². The number of fused-ring (bicyclic) bond motifs is 1. The van der Waals surface area contributed by atoms with Crippen LogP contribution in [0.1, 0.15) is 36.8 Å². The smallest absolute Gasteiger partial charge is 0.243 e. The summed E-state index contributed by atoms with van der Waals surface area (Å²) in [6.07, 6.45) is 6.21. The zero-order chi connectivity index (χ0) is 14.9. The van der Waals surface area contributed by atoms with Gasteiger partial charge in [-0.1, -0.05) is 6.07 Å².